The van der Waals surface area contributed by atoms with Crippen molar-refractivity contribution < 1.29 is 23.9 Å². The molecule has 3 amide bonds. The van der Waals surface area contributed by atoms with Gasteiger partial charge in [-0.15, -0.1) is 0 Å². The van der Waals surface area contributed by atoms with Gasteiger partial charge in [-0.2, -0.15) is 5.26 Å². The Morgan fingerprint density at radius 2 is 1.61 bits per heavy atom. The number of aryl methyl sites for hydroxylation is 2. The Bertz CT molecular complexity index is 1160. The molecule has 0 radical (unpaired) electrons. The highest BCUT2D eigenvalue weighted by Gasteiger charge is 2.37. The van der Waals surface area contributed by atoms with E-state index in [1.165, 1.54) is 4.90 Å². The smallest absolute Gasteiger partial charge is 0.408 e. The van der Waals surface area contributed by atoms with Crippen LogP contribution in [0.4, 0.5) is 10.5 Å². The molecule has 0 bridgehead atoms. The van der Waals surface area contributed by atoms with Gasteiger partial charge in [-0.25, -0.2) is 4.79 Å². The van der Waals surface area contributed by atoms with E-state index in [2.05, 4.69) is 10.6 Å². The molecule has 2 aromatic rings. The number of rotatable bonds is 9. The van der Waals surface area contributed by atoms with Crippen molar-refractivity contribution in [3.63, 3.8) is 0 Å². The Morgan fingerprint density at radius 3 is 2.08 bits per heavy atom. The molecule has 9 heteroatoms. The highest BCUT2D eigenvalue weighted by Crippen LogP contribution is 2.27. The van der Waals surface area contributed by atoms with E-state index in [0.717, 1.165) is 11.1 Å². The second kappa shape index (κ2) is 13.0. The van der Waals surface area contributed by atoms with Crippen LogP contribution >= 0.6 is 0 Å². The lowest BCUT2D eigenvalue weighted by atomic mass is 9.96. The Kier molecular flexibility index (Phi) is 10.3. The number of hydrogen-bond acceptors (Lipinski definition) is 6. The molecule has 9 nitrogen and oxygen atoms in total. The summed E-state index contributed by atoms with van der Waals surface area (Å²) in [4.78, 5) is 41.4. The fraction of sp³-hybridized carbons (Fsp3) is 0.448. The number of nitrogens with one attached hydrogen (secondary N) is 2. The van der Waals surface area contributed by atoms with E-state index >= 15 is 0 Å². The van der Waals surface area contributed by atoms with E-state index < -0.39 is 35.6 Å². The quantitative estimate of drug-likeness (QED) is 0.452. The van der Waals surface area contributed by atoms with Crippen LogP contribution in [-0.4, -0.2) is 48.1 Å². The minimum Gasteiger partial charge on any atom is -0.497 e. The minimum absolute atomic E-state index is 0.347. The summed E-state index contributed by atoms with van der Waals surface area (Å²) in [6, 6.07) is 12.2. The number of nitriles is 1. The van der Waals surface area contributed by atoms with Gasteiger partial charge in [-0.05, 0) is 70.4 Å². The van der Waals surface area contributed by atoms with Crippen LogP contribution in [0, 0.1) is 31.1 Å². The molecular formula is C29H38N4O5. The molecule has 0 aliphatic heterocycles. The van der Waals surface area contributed by atoms with Crippen LogP contribution in [0.25, 0.3) is 0 Å². The molecule has 2 N–H and O–H groups in total. The monoisotopic (exact) mass is 522 g/mol. The molecule has 0 saturated heterocycles. The van der Waals surface area contributed by atoms with Crippen molar-refractivity contribution >= 4 is 23.6 Å². The van der Waals surface area contributed by atoms with Gasteiger partial charge in [-0.1, -0.05) is 43.2 Å². The van der Waals surface area contributed by atoms with E-state index in [9.17, 15) is 19.6 Å². The Labute approximate surface area is 225 Å². The van der Waals surface area contributed by atoms with Gasteiger partial charge in [0.2, 0.25) is 5.91 Å². The molecule has 0 aliphatic rings. The van der Waals surface area contributed by atoms with Crippen LogP contribution in [0.15, 0.2) is 42.5 Å². The summed E-state index contributed by atoms with van der Waals surface area (Å²) in [7, 11) is 1.55. The van der Waals surface area contributed by atoms with Gasteiger partial charge in [0.1, 0.15) is 30.0 Å². The van der Waals surface area contributed by atoms with Crippen LogP contribution in [-0.2, 0) is 14.3 Å². The van der Waals surface area contributed by atoms with Gasteiger partial charge >= 0.3 is 6.09 Å². The van der Waals surface area contributed by atoms with Crippen molar-refractivity contribution in [3.05, 3.63) is 59.2 Å². The third-order valence-corrected chi connectivity index (χ3v) is 5.61. The number of anilines is 1. The highest BCUT2D eigenvalue weighted by atomic mass is 16.6. The van der Waals surface area contributed by atoms with Crippen molar-refractivity contribution in [2.24, 2.45) is 5.92 Å². The normalized spacial score (nSPS) is 12.6. The predicted octanol–water partition coefficient (Wildman–Crippen LogP) is 4.89. The highest BCUT2D eigenvalue weighted by molar-refractivity contribution is 5.99. The van der Waals surface area contributed by atoms with Crippen molar-refractivity contribution in [1.29, 1.82) is 5.26 Å². The molecule has 0 fully saturated rings. The number of amides is 3. The Balaban J connectivity index is 2.53. The van der Waals surface area contributed by atoms with Crippen LogP contribution in [0.5, 0.6) is 5.75 Å². The predicted molar refractivity (Wildman–Crippen MR) is 146 cm³/mol. The van der Waals surface area contributed by atoms with E-state index in [1.54, 1.807) is 66.0 Å². The zero-order chi connectivity index (χ0) is 28.6. The average Bonchev–Trinajstić information content (AvgIpc) is 2.80. The van der Waals surface area contributed by atoms with Gasteiger partial charge < -0.3 is 25.0 Å². The number of methoxy groups -OCH3 is 1. The van der Waals surface area contributed by atoms with E-state index in [0.29, 0.717) is 17.0 Å². The minimum atomic E-state index is -1.13. The van der Waals surface area contributed by atoms with E-state index in [1.807, 2.05) is 38.1 Å². The summed E-state index contributed by atoms with van der Waals surface area (Å²) in [5.41, 5.74) is 2.09. The molecule has 204 valence electrons. The first kappa shape index (κ1) is 30.2. The van der Waals surface area contributed by atoms with Gasteiger partial charge in [0.15, 0.2) is 0 Å². The van der Waals surface area contributed by atoms with Crippen molar-refractivity contribution in [3.8, 4) is 11.8 Å². The molecule has 0 aliphatic carbocycles. The summed E-state index contributed by atoms with van der Waals surface area (Å²) >= 11 is 0. The topological polar surface area (TPSA) is 121 Å². The number of benzene rings is 2. The molecule has 2 unspecified atom stereocenters. The van der Waals surface area contributed by atoms with E-state index in [4.69, 9.17) is 9.47 Å². The number of hydrogen-bond donors (Lipinski definition) is 2. The maximum atomic E-state index is 13.9. The Hall–Kier alpha value is -4.06. The SMILES string of the molecule is COc1ccc(NC(=O)C(c2cc(C)cc(C)c2)N(CC#N)C(=O)C(NC(=O)OC(C)(C)C)C(C)C)cc1. The second-order valence-electron chi connectivity index (χ2n) is 10.5. The average molecular weight is 523 g/mol. The first-order valence-corrected chi connectivity index (χ1v) is 12.5. The molecule has 2 rings (SSSR count). The summed E-state index contributed by atoms with van der Waals surface area (Å²) in [6.45, 7) is 12.1. The number of nitrogens with zero attached hydrogens (tertiary/aromatic N) is 2. The molecular weight excluding hydrogens is 484 g/mol. The third kappa shape index (κ3) is 8.51. The number of alkyl carbamates (subject to hydrolysis) is 1. The summed E-state index contributed by atoms with van der Waals surface area (Å²) in [5.74, 6) is -0.783. The standard InChI is InChI=1S/C29H38N4O5/c1-18(2)24(32-28(36)38-29(5,6)7)27(35)33(14-13-30)25(21-16-19(3)15-20(4)17-21)26(34)31-22-9-11-23(37-8)12-10-22/h9-12,15-18,24-25H,14H2,1-8H3,(H,31,34)(H,32,36). The molecule has 38 heavy (non-hydrogen) atoms. The van der Waals surface area contributed by atoms with Crippen molar-refractivity contribution in [1.82, 2.24) is 10.2 Å². The maximum Gasteiger partial charge on any atom is 0.408 e. The third-order valence-electron chi connectivity index (χ3n) is 5.61. The summed E-state index contributed by atoms with van der Waals surface area (Å²) in [5, 5.41) is 15.2. The van der Waals surface area contributed by atoms with Crippen molar-refractivity contribution in [2.75, 3.05) is 19.0 Å². The molecule has 2 aromatic carbocycles. The molecule has 0 aromatic heterocycles. The molecule has 0 spiro atoms. The van der Waals surface area contributed by atoms with Crippen LogP contribution in [0.1, 0.15) is 57.4 Å². The second-order valence-corrected chi connectivity index (χ2v) is 10.5. The lowest BCUT2D eigenvalue weighted by Crippen LogP contribution is -2.54. The van der Waals surface area contributed by atoms with Crippen LogP contribution in [0.3, 0.4) is 0 Å². The largest absolute Gasteiger partial charge is 0.497 e. The first-order chi connectivity index (χ1) is 17.7. The lowest BCUT2D eigenvalue weighted by molar-refractivity contribution is -0.140. The molecule has 0 saturated carbocycles. The summed E-state index contributed by atoms with van der Waals surface area (Å²) in [6.07, 6.45) is -0.757. The van der Waals surface area contributed by atoms with Crippen LogP contribution in [0.2, 0.25) is 0 Å². The maximum absolute atomic E-state index is 13.9. The first-order valence-electron chi connectivity index (χ1n) is 12.5. The van der Waals surface area contributed by atoms with Crippen LogP contribution < -0.4 is 15.4 Å². The lowest BCUT2D eigenvalue weighted by Gasteiger charge is -2.34. The number of ether oxygens (including phenoxy) is 2. The van der Waals surface area contributed by atoms with Gasteiger partial charge in [0, 0.05) is 5.69 Å². The molecule has 0 heterocycles. The van der Waals surface area contributed by atoms with E-state index in [-0.39, 0.29) is 12.5 Å². The van der Waals surface area contributed by atoms with Crippen molar-refractivity contribution in [2.45, 2.75) is 66.2 Å². The molecule has 2 atom stereocenters. The number of carbonyl (C=O) groups is 3. The van der Waals surface area contributed by atoms with Gasteiger partial charge in [0.05, 0.1) is 13.2 Å². The van der Waals surface area contributed by atoms with Gasteiger partial charge in [0.25, 0.3) is 5.91 Å². The zero-order valence-electron chi connectivity index (χ0n) is 23.4. The zero-order valence-corrected chi connectivity index (χ0v) is 23.4. The number of carbonyl (C=O) groups excluding carboxylic acids is 3. The van der Waals surface area contributed by atoms with Gasteiger partial charge in [-0.3, -0.25) is 9.59 Å². The fourth-order valence-electron chi connectivity index (χ4n) is 4.02. The fourth-order valence-corrected chi connectivity index (χ4v) is 4.02. The summed E-state index contributed by atoms with van der Waals surface area (Å²) < 4.78 is 10.5. The Morgan fingerprint density at radius 1 is 1.03 bits per heavy atom.